The number of carbonyl (C=O) groups excluding carboxylic acids is 2. The molecular weight excluding hydrogens is 466 g/mol. The molecule has 4 aliphatic carbocycles. The van der Waals surface area contributed by atoms with Crippen LogP contribution in [-0.2, 0) is 9.59 Å². The summed E-state index contributed by atoms with van der Waals surface area (Å²) in [4.78, 5) is 36.3. The Morgan fingerprint density at radius 1 is 1.10 bits per heavy atom. The van der Waals surface area contributed by atoms with E-state index >= 15 is 0 Å². The van der Waals surface area contributed by atoms with Gasteiger partial charge in [0, 0.05) is 22.2 Å². The van der Waals surface area contributed by atoms with Crippen LogP contribution in [0.2, 0.25) is 0 Å². The number of hydrogen-bond donors (Lipinski definition) is 0. The van der Waals surface area contributed by atoms with Gasteiger partial charge in [0.05, 0.1) is 23.0 Å². The molecule has 2 saturated carbocycles. The molecule has 156 valence electrons. The Labute approximate surface area is 184 Å². The van der Waals surface area contributed by atoms with Crippen LogP contribution in [0.25, 0.3) is 11.3 Å². The number of benzene rings is 1. The highest BCUT2D eigenvalue weighted by atomic mass is 79.9. The number of rotatable bonds is 4. The normalized spacial score (nSPS) is 32.6. The van der Waals surface area contributed by atoms with Gasteiger partial charge in [0.2, 0.25) is 0 Å². The minimum atomic E-state index is -0.471. The van der Waals surface area contributed by atoms with Crippen molar-refractivity contribution in [1.82, 2.24) is 5.01 Å². The van der Waals surface area contributed by atoms with Crippen molar-refractivity contribution in [1.29, 1.82) is 0 Å². The van der Waals surface area contributed by atoms with Crippen LogP contribution in [0.5, 0.6) is 0 Å². The number of non-ortho nitro benzene ring substituents is 1. The van der Waals surface area contributed by atoms with Gasteiger partial charge in [0.25, 0.3) is 17.5 Å². The highest BCUT2D eigenvalue weighted by Gasteiger charge is 2.67. The molecule has 5 aliphatic rings. The summed E-state index contributed by atoms with van der Waals surface area (Å²) in [5.41, 5.74) is 0.615. The first-order chi connectivity index (χ1) is 14.9. The number of hydrogen-bond acceptors (Lipinski definition) is 6. The third-order valence-corrected chi connectivity index (χ3v) is 7.65. The number of carbonyl (C=O) groups is 2. The molecule has 1 aromatic carbocycles. The van der Waals surface area contributed by atoms with E-state index in [9.17, 15) is 19.7 Å². The van der Waals surface area contributed by atoms with Crippen molar-refractivity contribution in [3.63, 3.8) is 0 Å². The number of allylic oxidation sites excluding steroid dienone is 2. The Morgan fingerprint density at radius 2 is 1.77 bits per heavy atom. The minimum Gasteiger partial charge on any atom is -0.455 e. The van der Waals surface area contributed by atoms with Crippen LogP contribution in [0.15, 0.2) is 56.5 Å². The second kappa shape index (κ2) is 6.46. The zero-order valence-corrected chi connectivity index (χ0v) is 17.6. The molecule has 6 atom stereocenters. The topological polar surface area (TPSA) is 106 Å². The highest BCUT2D eigenvalue weighted by molar-refractivity contribution is 9.10. The fourth-order valence-electron chi connectivity index (χ4n) is 5.55. The zero-order chi connectivity index (χ0) is 21.4. The molecule has 0 N–H and O–H groups in total. The monoisotopic (exact) mass is 481 g/mol. The van der Waals surface area contributed by atoms with Gasteiger partial charge in [-0.1, -0.05) is 12.2 Å². The van der Waals surface area contributed by atoms with Crippen LogP contribution in [0, 0.1) is 45.6 Å². The Balaban J connectivity index is 1.23. The molecule has 8 nitrogen and oxygen atoms in total. The molecule has 0 radical (unpaired) electrons. The molecule has 3 fully saturated rings. The number of furan rings is 1. The fraction of sp³-hybridized carbons (Fsp3) is 0.318. The van der Waals surface area contributed by atoms with Crippen molar-refractivity contribution in [2.45, 2.75) is 6.42 Å². The summed E-state index contributed by atoms with van der Waals surface area (Å²) in [6.45, 7) is 0. The predicted molar refractivity (Wildman–Crippen MR) is 113 cm³/mol. The van der Waals surface area contributed by atoms with E-state index in [4.69, 9.17) is 4.42 Å². The lowest BCUT2D eigenvalue weighted by Gasteiger charge is -2.37. The van der Waals surface area contributed by atoms with Crippen molar-refractivity contribution in [3.8, 4) is 11.3 Å². The van der Waals surface area contributed by atoms with E-state index in [0.717, 1.165) is 11.4 Å². The van der Waals surface area contributed by atoms with E-state index in [1.54, 1.807) is 18.2 Å². The van der Waals surface area contributed by atoms with E-state index in [2.05, 4.69) is 33.2 Å². The first-order valence-electron chi connectivity index (χ1n) is 10.1. The number of imide groups is 1. The summed E-state index contributed by atoms with van der Waals surface area (Å²) < 4.78 is 6.29. The molecule has 2 amide bonds. The number of amides is 2. The molecule has 1 aliphatic heterocycles. The SMILES string of the molecule is O=C1C2C3C=CC(C4CC34)C2C(=O)N1/N=C/c1ccc(-c2ccc([N+](=O)[O-])cc2Br)o1. The summed E-state index contributed by atoms with van der Waals surface area (Å²) in [6.07, 6.45) is 6.73. The third kappa shape index (κ3) is 2.69. The lowest BCUT2D eigenvalue weighted by molar-refractivity contribution is -0.384. The Kier molecular flexibility index (Phi) is 3.89. The maximum Gasteiger partial charge on any atom is 0.270 e. The third-order valence-electron chi connectivity index (χ3n) is 7.00. The quantitative estimate of drug-likeness (QED) is 0.215. The second-order valence-electron chi connectivity index (χ2n) is 8.51. The van der Waals surface area contributed by atoms with Gasteiger partial charge in [-0.3, -0.25) is 19.7 Å². The maximum absolute atomic E-state index is 12.9. The lowest BCUT2D eigenvalue weighted by Crippen LogP contribution is -2.40. The second-order valence-corrected chi connectivity index (χ2v) is 9.37. The Morgan fingerprint density at radius 3 is 2.39 bits per heavy atom. The van der Waals surface area contributed by atoms with Crippen molar-refractivity contribution < 1.29 is 18.9 Å². The summed E-state index contributed by atoms with van der Waals surface area (Å²) in [7, 11) is 0. The van der Waals surface area contributed by atoms with Crippen LogP contribution < -0.4 is 0 Å². The van der Waals surface area contributed by atoms with Crippen molar-refractivity contribution >= 4 is 39.6 Å². The first-order valence-corrected chi connectivity index (χ1v) is 10.9. The van der Waals surface area contributed by atoms with Crippen LogP contribution in [0.4, 0.5) is 5.69 Å². The molecule has 9 heteroatoms. The van der Waals surface area contributed by atoms with Crippen LogP contribution in [-0.4, -0.2) is 28.0 Å². The number of nitro benzene ring substituents is 1. The van der Waals surface area contributed by atoms with Gasteiger partial charge < -0.3 is 4.42 Å². The van der Waals surface area contributed by atoms with Gasteiger partial charge in [-0.15, -0.1) is 0 Å². The van der Waals surface area contributed by atoms with Crippen LogP contribution >= 0.6 is 15.9 Å². The summed E-state index contributed by atoms with van der Waals surface area (Å²) in [6, 6.07) is 7.77. The molecule has 1 saturated heterocycles. The summed E-state index contributed by atoms with van der Waals surface area (Å²) in [5.74, 6) is 1.25. The number of halogens is 1. The van der Waals surface area contributed by atoms with E-state index in [0.29, 0.717) is 33.4 Å². The van der Waals surface area contributed by atoms with Crippen molar-refractivity contribution in [2.24, 2.45) is 40.6 Å². The molecule has 31 heavy (non-hydrogen) atoms. The molecule has 2 bridgehead atoms. The highest BCUT2D eigenvalue weighted by Crippen LogP contribution is 2.65. The van der Waals surface area contributed by atoms with E-state index in [-0.39, 0.29) is 41.2 Å². The Hall–Kier alpha value is -3.07. The van der Waals surface area contributed by atoms with Gasteiger partial charge >= 0.3 is 0 Å². The number of nitro groups is 1. The van der Waals surface area contributed by atoms with E-state index < -0.39 is 4.92 Å². The van der Waals surface area contributed by atoms with E-state index in [1.165, 1.54) is 18.3 Å². The average Bonchev–Trinajstić information content (AvgIpc) is 3.40. The standard InChI is InChI=1S/C22H16BrN3O5/c23-17-7-10(26(29)30)1-3-14(17)18-6-2-11(31-18)9-24-25-21(27)19-12-4-5-13(16-8-15(12)16)20(19)22(25)28/h1-7,9,12-13,15-16,19-20H,8H2/b24-9+. The van der Waals surface area contributed by atoms with Crippen molar-refractivity contribution in [3.05, 3.63) is 62.8 Å². The molecule has 6 unspecified atom stereocenters. The lowest BCUT2D eigenvalue weighted by atomic mass is 9.63. The minimum absolute atomic E-state index is 0.0300. The van der Waals surface area contributed by atoms with Gasteiger partial charge in [0.15, 0.2) is 0 Å². The summed E-state index contributed by atoms with van der Waals surface area (Å²) in [5, 5.41) is 16.1. The molecular formula is C22H16BrN3O5. The first kappa shape index (κ1) is 18.7. The fourth-order valence-corrected chi connectivity index (χ4v) is 6.12. The van der Waals surface area contributed by atoms with Gasteiger partial charge in [-0.2, -0.15) is 10.1 Å². The Bertz CT molecular complexity index is 1180. The number of nitrogens with zero attached hydrogens (tertiary/aromatic N) is 3. The molecule has 2 heterocycles. The molecule has 7 rings (SSSR count). The number of hydrazone groups is 1. The largest absolute Gasteiger partial charge is 0.455 e. The maximum atomic E-state index is 12.9. The van der Waals surface area contributed by atoms with Crippen LogP contribution in [0.3, 0.4) is 0 Å². The smallest absolute Gasteiger partial charge is 0.270 e. The van der Waals surface area contributed by atoms with Crippen LogP contribution in [0.1, 0.15) is 12.2 Å². The van der Waals surface area contributed by atoms with Gasteiger partial charge in [-0.05, 0) is 64.2 Å². The summed E-state index contributed by atoms with van der Waals surface area (Å²) >= 11 is 3.33. The molecule has 2 aromatic rings. The van der Waals surface area contributed by atoms with Gasteiger partial charge in [-0.25, -0.2) is 0 Å². The average molecular weight is 482 g/mol. The predicted octanol–water partition coefficient (Wildman–Crippen LogP) is 4.00. The zero-order valence-electron chi connectivity index (χ0n) is 16.1. The van der Waals surface area contributed by atoms with Gasteiger partial charge in [0.1, 0.15) is 11.5 Å². The van der Waals surface area contributed by atoms with E-state index in [1.807, 2.05) is 0 Å². The molecule has 0 spiro atoms. The molecule has 1 aromatic heterocycles. The van der Waals surface area contributed by atoms with Crippen molar-refractivity contribution in [2.75, 3.05) is 0 Å².